The first-order valence-electron chi connectivity index (χ1n) is 7.60. The molecular weight excluding hydrogens is 372 g/mol. The monoisotopic (exact) mass is 386 g/mol. The number of nitro groups is 1. The van der Waals surface area contributed by atoms with Gasteiger partial charge in [0, 0.05) is 11.8 Å². The van der Waals surface area contributed by atoms with Gasteiger partial charge in [0.05, 0.1) is 4.92 Å². The fourth-order valence-corrected chi connectivity index (χ4v) is 4.04. The first-order valence-corrected chi connectivity index (χ1v) is 9.40. The zero-order valence-electron chi connectivity index (χ0n) is 13.7. The minimum absolute atomic E-state index is 0.0122. The van der Waals surface area contributed by atoms with Crippen molar-refractivity contribution in [2.75, 3.05) is 5.32 Å². The van der Waals surface area contributed by atoms with Gasteiger partial charge in [0.15, 0.2) is 4.34 Å². The van der Waals surface area contributed by atoms with Crippen molar-refractivity contribution in [1.82, 2.24) is 10.2 Å². The molecule has 2 aromatic carbocycles. The van der Waals surface area contributed by atoms with E-state index in [1.54, 1.807) is 6.07 Å². The number of anilines is 1. The number of para-hydroxylation sites is 1. The third-order valence-corrected chi connectivity index (χ3v) is 5.61. The van der Waals surface area contributed by atoms with E-state index in [4.69, 9.17) is 0 Å². The van der Waals surface area contributed by atoms with E-state index in [1.165, 1.54) is 52.4 Å². The van der Waals surface area contributed by atoms with Gasteiger partial charge < -0.3 is 0 Å². The predicted octanol–water partition coefficient (Wildman–Crippen LogP) is 4.30. The minimum Gasteiger partial charge on any atom is -0.296 e. The number of benzene rings is 2. The quantitative estimate of drug-likeness (QED) is 0.293. The molecule has 0 unspecified atom stereocenters. The van der Waals surface area contributed by atoms with Crippen LogP contribution in [0.15, 0.2) is 52.9 Å². The molecule has 1 heterocycles. The molecule has 0 saturated carbocycles. The summed E-state index contributed by atoms with van der Waals surface area (Å²) >= 11 is 2.76. The van der Waals surface area contributed by atoms with E-state index in [0.717, 1.165) is 5.75 Å². The molecule has 7 nitrogen and oxygen atoms in total. The topological polar surface area (TPSA) is 98.0 Å². The summed E-state index contributed by atoms with van der Waals surface area (Å²) in [6, 6.07) is 13.9. The van der Waals surface area contributed by atoms with Crippen LogP contribution in [0.25, 0.3) is 0 Å². The van der Waals surface area contributed by atoms with Crippen LogP contribution in [0.2, 0.25) is 0 Å². The summed E-state index contributed by atoms with van der Waals surface area (Å²) < 4.78 is 0.714. The normalized spacial score (nSPS) is 10.5. The number of nitrogens with zero attached hydrogens (tertiary/aromatic N) is 3. The van der Waals surface area contributed by atoms with E-state index in [2.05, 4.69) is 34.6 Å². The maximum absolute atomic E-state index is 12.3. The lowest BCUT2D eigenvalue weighted by atomic mass is 10.1. The summed E-state index contributed by atoms with van der Waals surface area (Å²) in [6.45, 7) is 2.05. The molecule has 0 atom stereocenters. The molecule has 3 rings (SSSR count). The summed E-state index contributed by atoms with van der Waals surface area (Å²) in [5.41, 5.74) is 2.15. The molecule has 0 aliphatic rings. The molecule has 0 saturated heterocycles. The van der Waals surface area contributed by atoms with Crippen LogP contribution in [-0.2, 0) is 5.75 Å². The Labute approximate surface area is 157 Å². The van der Waals surface area contributed by atoms with Gasteiger partial charge in [-0.05, 0) is 24.1 Å². The highest BCUT2D eigenvalue weighted by Crippen LogP contribution is 2.29. The maximum atomic E-state index is 12.3. The Hall–Kier alpha value is -2.78. The largest absolute Gasteiger partial charge is 0.296 e. The third-order valence-electron chi connectivity index (χ3n) is 3.58. The summed E-state index contributed by atoms with van der Waals surface area (Å²) in [7, 11) is 0. The van der Waals surface area contributed by atoms with E-state index >= 15 is 0 Å². The van der Waals surface area contributed by atoms with Crippen LogP contribution >= 0.6 is 23.1 Å². The summed E-state index contributed by atoms with van der Waals surface area (Å²) in [4.78, 5) is 22.7. The van der Waals surface area contributed by atoms with Crippen molar-refractivity contribution < 1.29 is 9.72 Å². The summed E-state index contributed by atoms with van der Waals surface area (Å²) in [5, 5.41) is 21.9. The van der Waals surface area contributed by atoms with Crippen LogP contribution in [0, 0.1) is 17.0 Å². The van der Waals surface area contributed by atoms with Crippen molar-refractivity contribution >= 4 is 39.8 Å². The Kier molecular flexibility index (Phi) is 5.59. The zero-order chi connectivity index (χ0) is 18.5. The molecule has 0 radical (unpaired) electrons. The first-order chi connectivity index (χ1) is 12.5. The molecule has 1 aromatic heterocycles. The van der Waals surface area contributed by atoms with Crippen molar-refractivity contribution in [3.63, 3.8) is 0 Å². The highest BCUT2D eigenvalue weighted by molar-refractivity contribution is 8.00. The predicted molar refractivity (Wildman–Crippen MR) is 102 cm³/mol. The highest BCUT2D eigenvalue weighted by atomic mass is 32.2. The van der Waals surface area contributed by atoms with Crippen LogP contribution < -0.4 is 5.32 Å². The Morgan fingerprint density at radius 3 is 2.69 bits per heavy atom. The molecule has 26 heavy (non-hydrogen) atoms. The highest BCUT2D eigenvalue weighted by Gasteiger charge is 2.20. The second-order valence-electron chi connectivity index (χ2n) is 5.32. The van der Waals surface area contributed by atoms with Crippen LogP contribution in [0.4, 0.5) is 10.8 Å². The number of nitrogens with one attached hydrogen (secondary N) is 1. The lowest BCUT2D eigenvalue weighted by molar-refractivity contribution is -0.385. The Morgan fingerprint density at radius 1 is 1.19 bits per heavy atom. The average molecular weight is 386 g/mol. The van der Waals surface area contributed by atoms with Gasteiger partial charge in [-0.15, -0.1) is 10.2 Å². The molecule has 0 aliphatic heterocycles. The Bertz CT molecular complexity index is 958. The van der Waals surface area contributed by atoms with Gasteiger partial charge in [-0.1, -0.05) is 59.5 Å². The number of thioether (sulfide) groups is 1. The van der Waals surface area contributed by atoms with E-state index in [-0.39, 0.29) is 11.3 Å². The lowest BCUT2D eigenvalue weighted by Gasteiger charge is -2.02. The first kappa shape index (κ1) is 18.0. The van der Waals surface area contributed by atoms with Crippen molar-refractivity contribution in [3.05, 3.63) is 75.3 Å². The van der Waals surface area contributed by atoms with Gasteiger partial charge >= 0.3 is 0 Å². The second kappa shape index (κ2) is 8.07. The van der Waals surface area contributed by atoms with E-state index in [9.17, 15) is 14.9 Å². The molecule has 0 spiro atoms. The van der Waals surface area contributed by atoms with E-state index < -0.39 is 10.8 Å². The molecule has 0 bridgehead atoms. The molecule has 0 aliphatic carbocycles. The van der Waals surface area contributed by atoms with Crippen LogP contribution in [0.3, 0.4) is 0 Å². The molecule has 132 valence electrons. The smallest absolute Gasteiger partial charge is 0.282 e. The van der Waals surface area contributed by atoms with Crippen LogP contribution in [-0.4, -0.2) is 21.0 Å². The van der Waals surface area contributed by atoms with E-state index in [1.807, 2.05) is 12.1 Å². The number of carbonyl (C=O) groups excluding carboxylic acids is 1. The van der Waals surface area contributed by atoms with Crippen molar-refractivity contribution in [1.29, 1.82) is 0 Å². The Balaban J connectivity index is 1.66. The van der Waals surface area contributed by atoms with Gasteiger partial charge in [-0.25, -0.2) is 0 Å². The third kappa shape index (κ3) is 4.24. The molecular formula is C17H14N4O3S2. The number of hydrogen-bond donors (Lipinski definition) is 1. The fourth-order valence-electron chi connectivity index (χ4n) is 2.22. The van der Waals surface area contributed by atoms with Crippen molar-refractivity contribution in [2.24, 2.45) is 0 Å². The number of aryl methyl sites for hydroxylation is 1. The minimum atomic E-state index is -0.585. The van der Waals surface area contributed by atoms with Crippen LogP contribution in [0.5, 0.6) is 0 Å². The standard InChI is InChI=1S/C17H14N4O3S2/c1-11-6-2-3-7-12(11)10-25-17-20-19-16(26-17)18-15(22)13-8-4-5-9-14(13)21(23)24/h2-9H,10H2,1H3,(H,18,19,22). The van der Waals surface area contributed by atoms with Crippen molar-refractivity contribution in [3.8, 4) is 0 Å². The molecule has 0 fully saturated rings. The number of amides is 1. The molecule has 1 N–H and O–H groups in total. The number of rotatable bonds is 6. The SMILES string of the molecule is Cc1ccccc1CSc1nnc(NC(=O)c2ccccc2[N+](=O)[O-])s1. The fraction of sp³-hybridized carbons (Fsp3) is 0.118. The number of nitro benzene ring substituents is 1. The summed E-state index contributed by atoms with van der Waals surface area (Å²) in [5.74, 6) is 0.170. The zero-order valence-corrected chi connectivity index (χ0v) is 15.3. The summed E-state index contributed by atoms with van der Waals surface area (Å²) in [6.07, 6.45) is 0. The lowest BCUT2D eigenvalue weighted by Crippen LogP contribution is -2.13. The van der Waals surface area contributed by atoms with E-state index in [0.29, 0.717) is 9.47 Å². The molecule has 9 heteroatoms. The maximum Gasteiger partial charge on any atom is 0.282 e. The average Bonchev–Trinajstić information content (AvgIpc) is 3.08. The van der Waals surface area contributed by atoms with Gasteiger partial charge in [-0.3, -0.25) is 20.2 Å². The van der Waals surface area contributed by atoms with Crippen molar-refractivity contribution in [2.45, 2.75) is 17.0 Å². The second-order valence-corrected chi connectivity index (χ2v) is 7.52. The number of aromatic nitrogens is 2. The number of carbonyl (C=O) groups is 1. The number of hydrogen-bond acceptors (Lipinski definition) is 7. The van der Waals surface area contributed by atoms with Gasteiger partial charge in [-0.2, -0.15) is 0 Å². The van der Waals surface area contributed by atoms with Gasteiger partial charge in [0.25, 0.3) is 11.6 Å². The van der Waals surface area contributed by atoms with Crippen LogP contribution in [0.1, 0.15) is 21.5 Å². The molecule has 3 aromatic rings. The Morgan fingerprint density at radius 2 is 1.92 bits per heavy atom. The van der Waals surface area contributed by atoms with Gasteiger partial charge in [0.1, 0.15) is 5.56 Å². The van der Waals surface area contributed by atoms with Gasteiger partial charge in [0.2, 0.25) is 5.13 Å². The molecule has 1 amide bonds.